The number of imidazole rings is 1. The number of pyridine rings is 1. The van der Waals surface area contributed by atoms with Crippen molar-refractivity contribution >= 4 is 27.3 Å². The number of rotatable bonds is 2. The Morgan fingerprint density at radius 2 is 1.58 bits per heavy atom. The van der Waals surface area contributed by atoms with Crippen LogP contribution in [0.2, 0.25) is 0 Å². The molecule has 3 aliphatic carbocycles. The number of aromatic nitrogens is 2. The zero-order valence-corrected chi connectivity index (χ0v) is 19.3. The molecule has 1 aliphatic heterocycles. The van der Waals surface area contributed by atoms with Crippen LogP contribution in [0.5, 0.6) is 0 Å². The van der Waals surface area contributed by atoms with Gasteiger partial charge in [0.05, 0.1) is 5.39 Å². The number of hydrogen-bond acceptors (Lipinski definition) is 0. The van der Waals surface area contributed by atoms with Gasteiger partial charge in [-0.1, -0.05) is 57.2 Å². The molecule has 2 aromatic heterocycles. The lowest BCUT2D eigenvalue weighted by Gasteiger charge is -2.48. The van der Waals surface area contributed by atoms with Crippen molar-refractivity contribution in [2.45, 2.75) is 89.0 Å². The number of nitrogens with zero attached hydrogens (tertiary/aromatic N) is 2. The molecule has 2 bridgehead atoms. The number of benzene rings is 2. The standard InChI is InChI=1S/C29H33N2/c1-5-28(3)22-12-9-11-21-20-10-7-8-13-23(20)30-25-18-14-16-19(17-15-18)26(25)31(27(30)24(21)22)29(28,4)6-2/h7-13,18-19H,5-6,14-17H2,1-4H3/q+1. The lowest BCUT2D eigenvalue weighted by Crippen LogP contribution is -2.68. The van der Waals surface area contributed by atoms with E-state index < -0.39 is 0 Å². The normalized spacial score (nSPS) is 31.2. The van der Waals surface area contributed by atoms with Crippen molar-refractivity contribution in [1.29, 1.82) is 0 Å². The summed E-state index contributed by atoms with van der Waals surface area (Å²) in [4.78, 5) is 0. The first-order chi connectivity index (χ1) is 15.0. The molecule has 0 radical (unpaired) electrons. The Hall–Kier alpha value is -2.35. The van der Waals surface area contributed by atoms with E-state index in [4.69, 9.17) is 0 Å². The molecular formula is C29H33N2+. The number of fused-ring (bicyclic) bond motifs is 5. The van der Waals surface area contributed by atoms with Crippen LogP contribution in [0.25, 0.3) is 27.3 Å². The second kappa shape index (κ2) is 5.71. The minimum Gasteiger partial charge on any atom is -0.220 e. The third-order valence-corrected chi connectivity index (χ3v) is 10.1. The van der Waals surface area contributed by atoms with Crippen LogP contribution in [-0.2, 0) is 11.0 Å². The molecule has 2 nitrogen and oxygen atoms in total. The van der Waals surface area contributed by atoms with Crippen molar-refractivity contribution in [2.75, 3.05) is 0 Å². The topological polar surface area (TPSA) is 8.29 Å². The van der Waals surface area contributed by atoms with Crippen molar-refractivity contribution in [3.8, 4) is 0 Å². The summed E-state index contributed by atoms with van der Waals surface area (Å²) in [6.07, 6.45) is 7.81. The number of para-hydroxylation sites is 1. The second-order valence-corrected chi connectivity index (χ2v) is 10.9. The Labute approximate surface area is 184 Å². The lowest BCUT2D eigenvalue weighted by molar-refractivity contribution is -0.758. The summed E-state index contributed by atoms with van der Waals surface area (Å²) < 4.78 is 5.62. The van der Waals surface area contributed by atoms with E-state index in [0.29, 0.717) is 5.92 Å². The summed E-state index contributed by atoms with van der Waals surface area (Å²) in [5, 5.41) is 4.37. The second-order valence-electron chi connectivity index (χ2n) is 10.9. The maximum absolute atomic E-state index is 2.89. The average molecular weight is 410 g/mol. The van der Waals surface area contributed by atoms with Gasteiger partial charge in [-0.05, 0) is 57.1 Å². The summed E-state index contributed by atoms with van der Waals surface area (Å²) >= 11 is 0. The van der Waals surface area contributed by atoms with Gasteiger partial charge >= 0.3 is 0 Å². The maximum atomic E-state index is 2.89. The molecule has 158 valence electrons. The predicted octanol–water partition coefficient (Wildman–Crippen LogP) is 7.09. The van der Waals surface area contributed by atoms with Gasteiger partial charge in [-0.25, -0.2) is 4.57 Å². The summed E-state index contributed by atoms with van der Waals surface area (Å²) in [7, 11) is 0. The molecule has 0 spiro atoms. The third-order valence-electron chi connectivity index (χ3n) is 10.1. The van der Waals surface area contributed by atoms with Gasteiger partial charge in [0.2, 0.25) is 0 Å². The van der Waals surface area contributed by atoms with Crippen molar-refractivity contribution in [2.24, 2.45) is 0 Å². The molecule has 2 atom stereocenters. The van der Waals surface area contributed by atoms with Crippen molar-refractivity contribution in [3.63, 3.8) is 0 Å². The molecule has 3 heterocycles. The molecule has 8 rings (SSSR count). The fourth-order valence-corrected chi connectivity index (χ4v) is 7.98. The molecule has 1 fully saturated rings. The van der Waals surface area contributed by atoms with Crippen LogP contribution in [0.4, 0.5) is 0 Å². The van der Waals surface area contributed by atoms with Crippen molar-refractivity contribution < 1.29 is 4.57 Å². The lowest BCUT2D eigenvalue weighted by atomic mass is 9.61. The summed E-state index contributed by atoms with van der Waals surface area (Å²) in [5.41, 5.74) is 8.01. The largest absolute Gasteiger partial charge is 0.295 e. The monoisotopic (exact) mass is 409 g/mol. The predicted molar refractivity (Wildman–Crippen MR) is 128 cm³/mol. The fourth-order valence-electron chi connectivity index (χ4n) is 7.98. The van der Waals surface area contributed by atoms with Crippen LogP contribution in [0.3, 0.4) is 0 Å². The molecule has 2 aromatic carbocycles. The first-order valence-corrected chi connectivity index (χ1v) is 12.5. The smallest absolute Gasteiger partial charge is 0.220 e. The van der Waals surface area contributed by atoms with Gasteiger partial charge < -0.3 is 0 Å². The average Bonchev–Trinajstić information content (AvgIpc) is 3.22. The SMILES string of the molecule is CCC1(C)c2cccc3c4ccccc4n4c5c([n+](c4c23)C1(C)CC)C1CCC5CC1. The van der Waals surface area contributed by atoms with E-state index in [9.17, 15) is 0 Å². The van der Waals surface area contributed by atoms with Gasteiger partial charge in [-0.3, -0.25) is 0 Å². The van der Waals surface area contributed by atoms with E-state index in [-0.39, 0.29) is 11.0 Å². The molecule has 2 unspecified atom stereocenters. The van der Waals surface area contributed by atoms with Crippen LogP contribution < -0.4 is 4.57 Å². The molecule has 0 saturated heterocycles. The van der Waals surface area contributed by atoms with Gasteiger partial charge in [-0.2, -0.15) is 4.40 Å². The van der Waals surface area contributed by atoms with Gasteiger partial charge in [0.1, 0.15) is 11.1 Å². The van der Waals surface area contributed by atoms with E-state index in [0.717, 1.165) is 18.8 Å². The molecule has 4 aromatic rings. The molecule has 2 heteroatoms. The highest BCUT2D eigenvalue weighted by molar-refractivity contribution is 6.13. The Kier molecular flexibility index (Phi) is 3.36. The van der Waals surface area contributed by atoms with Crippen LogP contribution in [0.15, 0.2) is 42.5 Å². The van der Waals surface area contributed by atoms with E-state index in [1.807, 2.05) is 0 Å². The molecule has 0 amide bonds. The number of hydrogen-bond donors (Lipinski definition) is 0. The first-order valence-electron chi connectivity index (χ1n) is 12.5. The van der Waals surface area contributed by atoms with E-state index in [1.165, 1.54) is 53.0 Å². The van der Waals surface area contributed by atoms with Crippen LogP contribution >= 0.6 is 0 Å². The van der Waals surface area contributed by atoms with Gasteiger partial charge in [0.15, 0.2) is 11.4 Å². The van der Waals surface area contributed by atoms with E-state index in [2.05, 4.69) is 79.1 Å². The molecule has 31 heavy (non-hydrogen) atoms. The van der Waals surface area contributed by atoms with Crippen LogP contribution in [-0.4, -0.2) is 4.40 Å². The molecule has 1 saturated carbocycles. The van der Waals surface area contributed by atoms with Crippen molar-refractivity contribution in [1.82, 2.24) is 4.40 Å². The highest BCUT2D eigenvalue weighted by atomic mass is 15.2. The molecular weight excluding hydrogens is 376 g/mol. The molecule has 4 aliphatic rings. The van der Waals surface area contributed by atoms with E-state index in [1.54, 1.807) is 17.0 Å². The summed E-state index contributed by atoms with van der Waals surface area (Å²) in [6, 6.07) is 16.3. The zero-order valence-electron chi connectivity index (χ0n) is 19.3. The zero-order chi connectivity index (χ0) is 21.1. The van der Waals surface area contributed by atoms with Gasteiger partial charge in [-0.15, -0.1) is 0 Å². The maximum Gasteiger partial charge on any atom is 0.295 e. The minimum atomic E-state index is 0.0851. The Bertz CT molecular complexity index is 1400. The quantitative estimate of drug-likeness (QED) is 0.247. The van der Waals surface area contributed by atoms with E-state index >= 15 is 0 Å². The highest BCUT2D eigenvalue weighted by Crippen LogP contribution is 2.55. The Balaban J connectivity index is 1.86. The first kappa shape index (κ1) is 18.2. The van der Waals surface area contributed by atoms with Crippen molar-refractivity contribution in [3.05, 3.63) is 59.4 Å². The third kappa shape index (κ3) is 1.83. The Morgan fingerprint density at radius 1 is 0.871 bits per heavy atom. The molecule has 0 N–H and O–H groups in total. The minimum absolute atomic E-state index is 0.0851. The summed E-state index contributed by atoms with van der Waals surface area (Å²) in [6.45, 7) is 9.94. The van der Waals surface area contributed by atoms with Crippen LogP contribution in [0, 0.1) is 0 Å². The highest BCUT2D eigenvalue weighted by Gasteiger charge is 2.58. The van der Waals surface area contributed by atoms with Crippen LogP contribution in [0.1, 0.15) is 95.0 Å². The summed E-state index contributed by atoms with van der Waals surface area (Å²) in [5.74, 6) is 1.44. The van der Waals surface area contributed by atoms with Gasteiger partial charge in [0.25, 0.3) is 5.65 Å². The van der Waals surface area contributed by atoms with Gasteiger partial charge in [0, 0.05) is 28.0 Å². The fraction of sp³-hybridized carbons (Fsp3) is 0.483. The Morgan fingerprint density at radius 3 is 2.32 bits per heavy atom.